The van der Waals surface area contributed by atoms with Crippen LogP contribution in [0.5, 0.6) is 5.75 Å². The van der Waals surface area contributed by atoms with Gasteiger partial charge in [-0.2, -0.15) is 0 Å². The number of amides is 1. The van der Waals surface area contributed by atoms with Crippen LogP contribution in [-0.4, -0.2) is 49.3 Å². The Morgan fingerprint density at radius 3 is 2.90 bits per heavy atom. The Bertz CT molecular complexity index is 435. The third kappa shape index (κ3) is 5.42. The van der Waals surface area contributed by atoms with Gasteiger partial charge in [-0.1, -0.05) is 24.3 Å². The van der Waals surface area contributed by atoms with Crippen LogP contribution in [0, 0.1) is 0 Å². The Hall–Kier alpha value is -1.85. The second kappa shape index (κ2) is 9.12. The van der Waals surface area contributed by atoms with Crippen LogP contribution in [0.3, 0.4) is 0 Å². The number of hydrogen-bond donors (Lipinski definition) is 2. The Morgan fingerprint density at radius 2 is 2.25 bits per heavy atom. The standard InChI is InChI=1S/C15H22N2O3/c1-3-8-16-15(19)12-17(9-10-18)11-13-6-4-5-7-14(13)20-2/h3-7,18H,1,8-12H2,2H3,(H,16,19). The minimum atomic E-state index is -0.0896. The number of methoxy groups -OCH3 is 1. The Balaban J connectivity index is 2.66. The van der Waals surface area contributed by atoms with Gasteiger partial charge in [-0.25, -0.2) is 0 Å². The molecular weight excluding hydrogens is 256 g/mol. The summed E-state index contributed by atoms with van der Waals surface area (Å²) in [5, 5.41) is 11.8. The monoisotopic (exact) mass is 278 g/mol. The van der Waals surface area contributed by atoms with Gasteiger partial charge in [0, 0.05) is 25.2 Å². The van der Waals surface area contributed by atoms with Crippen molar-refractivity contribution in [1.29, 1.82) is 0 Å². The number of nitrogens with one attached hydrogen (secondary N) is 1. The average Bonchev–Trinajstić information content (AvgIpc) is 2.46. The van der Waals surface area contributed by atoms with Crippen molar-refractivity contribution in [3.05, 3.63) is 42.5 Å². The van der Waals surface area contributed by atoms with Crippen molar-refractivity contribution >= 4 is 5.91 Å². The molecule has 1 rings (SSSR count). The first-order valence-electron chi connectivity index (χ1n) is 6.54. The number of carbonyl (C=O) groups excluding carboxylic acids is 1. The van der Waals surface area contributed by atoms with Crippen molar-refractivity contribution in [2.45, 2.75) is 6.54 Å². The van der Waals surface area contributed by atoms with Crippen LogP contribution in [0.2, 0.25) is 0 Å². The summed E-state index contributed by atoms with van der Waals surface area (Å²) < 4.78 is 5.29. The summed E-state index contributed by atoms with van der Waals surface area (Å²) in [6.07, 6.45) is 1.63. The fourth-order valence-electron chi connectivity index (χ4n) is 1.87. The highest BCUT2D eigenvalue weighted by Crippen LogP contribution is 2.18. The summed E-state index contributed by atoms with van der Waals surface area (Å²) in [6, 6.07) is 7.65. The highest BCUT2D eigenvalue weighted by molar-refractivity contribution is 5.78. The molecule has 2 N–H and O–H groups in total. The molecule has 1 aromatic rings. The molecule has 0 spiro atoms. The van der Waals surface area contributed by atoms with E-state index < -0.39 is 0 Å². The van der Waals surface area contributed by atoms with E-state index in [1.54, 1.807) is 13.2 Å². The van der Waals surface area contributed by atoms with Crippen LogP contribution in [-0.2, 0) is 11.3 Å². The SMILES string of the molecule is C=CCNC(=O)CN(CCO)Cc1ccccc1OC. The van der Waals surface area contributed by atoms with Gasteiger partial charge in [0.2, 0.25) is 5.91 Å². The number of para-hydroxylation sites is 1. The molecule has 5 nitrogen and oxygen atoms in total. The molecule has 0 heterocycles. The smallest absolute Gasteiger partial charge is 0.234 e. The van der Waals surface area contributed by atoms with Crippen molar-refractivity contribution < 1.29 is 14.6 Å². The van der Waals surface area contributed by atoms with Gasteiger partial charge in [-0.05, 0) is 6.07 Å². The quantitative estimate of drug-likeness (QED) is 0.656. The largest absolute Gasteiger partial charge is 0.496 e. The van der Waals surface area contributed by atoms with Gasteiger partial charge in [0.1, 0.15) is 5.75 Å². The highest BCUT2D eigenvalue weighted by Gasteiger charge is 2.12. The van der Waals surface area contributed by atoms with E-state index >= 15 is 0 Å². The molecule has 0 bridgehead atoms. The van der Waals surface area contributed by atoms with Crippen molar-refractivity contribution in [2.75, 3.05) is 33.4 Å². The predicted molar refractivity (Wildman–Crippen MR) is 78.6 cm³/mol. The molecule has 0 fully saturated rings. The first kappa shape index (κ1) is 16.2. The number of aliphatic hydroxyl groups excluding tert-OH is 1. The Morgan fingerprint density at radius 1 is 1.50 bits per heavy atom. The topological polar surface area (TPSA) is 61.8 Å². The second-order valence-corrected chi connectivity index (χ2v) is 4.34. The molecule has 0 atom stereocenters. The van der Waals surface area contributed by atoms with Gasteiger partial charge in [0.15, 0.2) is 0 Å². The third-order valence-electron chi connectivity index (χ3n) is 2.81. The zero-order valence-corrected chi connectivity index (χ0v) is 11.8. The Labute approximate surface area is 119 Å². The van der Waals surface area contributed by atoms with E-state index in [9.17, 15) is 4.79 Å². The molecule has 0 radical (unpaired) electrons. The molecule has 1 aromatic carbocycles. The van der Waals surface area contributed by atoms with Crippen molar-refractivity contribution in [3.63, 3.8) is 0 Å². The van der Waals surface area contributed by atoms with Gasteiger partial charge in [0.25, 0.3) is 0 Å². The lowest BCUT2D eigenvalue weighted by molar-refractivity contribution is -0.122. The number of ether oxygens (including phenoxy) is 1. The van der Waals surface area contributed by atoms with Crippen LogP contribution in [0.15, 0.2) is 36.9 Å². The molecular formula is C15H22N2O3. The van der Waals surface area contributed by atoms with Gasteiger partial charge in [-0.15, -0.1) is 6.58 Å². The minimum Gasteiger partial charge on any atom is -0.496 e. The lowest BCUT2D eigenvalue weighted by Crippen LogP contribution is -2.38. The maximum Gasteiger partial charge on any atom is 0.234 e. The molecule has 110 valence electrons. The van der Waals surface area contributed by atoms with Crippen LogP contribution in [0.25, 0.3) is 0 Å². The summed E-state index contributed by atoms with van der Waals surface area (Å²) in [5.74, 6) is 0.690. The number of aliphatic hydroxyl groups is 1. The third-order valence-corrected chi connectivity index (χ3v) is 2.81. The Kier molecular flexibility index (Phi) is 7.39. The summed E-state index contributed by atoms with van der Waals surface area (Å²) >= 11 is 0. The number of hydrogen-bond acceptors (Lipinski definition) is 4. The molecule has 0 aliphatic carbocycles. The van der Waals surface area contributed by atoms with E-state index in [0.717, 1.165) is 11.3 Å². The van der Waals surface area contributed by atoms with E-state index in [1.165, 1.54) is 0 Å². The molecule has 0 aliphatic heterocycles. The van der Waals surface area contributed by atoms with Crippen LogP contribution < -0.4 is 10.1 Å². The predicted octanol–water partition coefficient (Wildman–Crippen LogP) is 0.792. The maximum atomic E-state index is 11.7. The lowest BCUT2D eigenvalue weighted by atomic mass is 10.2. The summed E-state index contributed by atoms with van der Waals surface area (Å²) in [5.41, 5.74) is 0.986. The minimum absolute atomic E-state index is 0.00386. The fourth-order valence-corrected chi connectivity index (χ4v) is 1.87. The van der Waals surface area contributed by atoms with Crippen molar-refractivity contribution in [2.24, 2.45) is 0 Å². The summed E-state index contributed by atoms with van der Waals surface area (Å²) in [6.45, 7) is 5.21. The van der Waals surface area contributed by atoms with Gasteiger partial charge >= 0.3 is 0 Å². The van der Waals surface area contributed by atoms with Crippen molar-refractivity contribution in [1.82, 2.24) is 10.2 Å². The molecule has 1 amide bonds. The highest BCUT2D eigenvalue weighted by atomic mass is 16.5. The normalized spacial score (nSPS) is 10.3. The fraction of sp³-hybridized carbons (Fsp3) is 0.400. The van der Waals surface area contributed by atoms with E-state index in [2.05, 4.69) is 11.9 Å². The van der Waals surface area contributed by atoms with Crippen LogP contribution in [0.4, 0.5) is 0 Å². The molecule has 0 aliphatic rings. The lowest BCUT2D eigenvalue weighted by Gasteiger charge is -2.21. The summed E-state index contributed by atoms with van der Waals surface area (Å²) in [4.78, 5) is 13.6. The van der Waals surface area contributed by atoms with Crippen LogP contribution >= 0.6 is 0 Å². The summed E-state index contributed by atoms with van der Waals surface area (Å²) in [7, 11) is 1.62. The number of nitrogens with zero attached hydrogens (tertiary/aromatic N) is 1. The maximum absolute atomic E-state index is 11.7. The zero-order valence-electron chi connectivity index (χ0n) is 11.8. The molecule has 0 saturated carbocycles. The van der Waals surface area contributed by atoms with E-state index in [4.69, 9.17) is 9.84 Å². The van der Waals surface area contributed by atoms with E-state index in [1.807, 2.05) is 29.2 Å². The van der Waals surface area contributed by atoms with Crippen LogP contribution in [0.1, 0.15) is 5.56 Å². The first-order valence-corrected chi connectivity index (χ1v) is 6.54. The van der Waals surface area contributed by atoms with E-state index in [-0.39, 0.29) is 19.1 Å². The van der Waals surface area contributed by atoms with Crippen molar-refractivity contribution in [3.8, 4) is 5.75 Å². The molecule has 20 heavy (non-hydrogen) atoms. The van der Waals surface area contributed by atoms with Gasteiger partial charge in [-0.3, -0.25) is 9.69 Å². The first-order chi connectivity index (χ1) is 9.71. The second-order valence-electron chi connectivity index (χ2n) is 4.34. The number of benzene rings is 1. The molecule has 0 saturated heterocycles. The van der Waals surface area contributed by atoms with Gasteiger partial charge in [0.05, 0.1) is 20.3 Å². The average molecular weight is 278 g/mol. The molecule has 5 heteroatoms. The van der Waals surface area contributed by atoms with Gasteiger partial charge < -0.3 is 15.2 Å². The number of carbonyl (C=O) groups is 1. The number of rotatable bonds is 9. The van der Waals surface area contributed by atoms with E-state index in [0.29, 0.717) is 19.6 Å². The zero-order chi connectivity index (χ0) is 14.8. The molecule has 0 aromatic heterocycles. The molecule has 0 unspecified atom stereocenters.